The summed E-state index contributed by atoms with van der Waals surface area (Å²) in [5.74, 6) is 0.243. The van der Waals surface area contributed by atoms with Crippen molar-refractivity contribution >= 4 is 35.1 Å². The van der Waals surface area contributed by atoms with Crippen LogP contribution in [0.5, 0.6) is 0 Å². The van der Waals surface area contributed by atoms with E-state index in [1.54, 1.807) is 0 Å². The van der Waals surface area contributed by atoms with Crippen LogP contribution in [0.4, 0.5) is 5.95 Å². The lowest BCUT2D eigenvalue weighted by Gasteiger charge is -2.26. The number of hydrogen-bond acceptors (Lipinski definition) is 5. The number of piperidine rings is 1. The van der Waals surface area contributed by atoms with Gasteiger partial charge in [-0.25, -0.2) is 0 Å². The summed E-state index contributed by atoms with van der Waals surface area (Å²) in [6.07, 6.45) is 3.32. The molecule has 1 aromatic heterocycles. The Labute approximate surface area is 115 Å². The molecule has 0 unspecified atom stereocenters. The number of aromatic nitrogens is 3. The quantitative estimate of drug-likeness (QED) is 0.915. The number of rotatable bonds is 3. The molecule has 0 spiro atoms. The van der Waals surface area contributed by atoms with Crippen LogP contribution in [-0.2, 0) is 4.79 Å². The smallest absolute Gasteiger partial charge is 0.241 e. The number of anilines is 1. The number of hydrogen-bond donors (Lipinski definition) is 1. The minimum Gasteiger partial charge on any atom is -0.345 e. The highest BCUT2D eigenvalue weighted by Crippen LogP contribution is 2.11. The molecule has 0 bridgehead atoms. The van der Waals surface area contributed by atoms with Gasteiger partial charge in [0.15, 0.2) is 0 Å². The van der Waals surface area contributed by atoms with E-state index in [0.717, 1.165) is 25.9 Å². The van der Waals surface area contributed by atoms with Crippen molar-refractivity contribution < 1.29 is 4.79 Å². The Balaban J connectivity index is 1.88. The molecule has 8 heteroatoms. The molecule has 1 saturated heterocycles. The summed E-state index contributed by atoms with van der Waals surface area (Å²) in [6, 6.07) is 0. The SMILES string of the molecule is O=C(CNc1nc(Cl)nc(Cl)n1)N1CCCCC1. The van der Waals surface area contributed by atoms with Crippen LogP contribution in [0, 0.1) is 0 Å². The zero-order valence-electron chi connectivity index (χ0n) is 9.70. The summed E-state index contributed by atoms with van der Waals surface area (Å²) >= 11 is 11.3. The molecule has 0 saturated carbocycles. The van der Waals surface area contributed by atoms with E-state index in [0.29, 0.717) is 0 Å². The molecule has 6 nitrogen and oxygen atoms in total. The van der Waals surface area contributed by atoms with Crippen LogP contribution in [0.2, 0.25) is 10.6 Å². The van der Waals surface area contributed by atoms with Gasteiger partial charge in [-0.2, -0.15) is 15.0 Å². The van der Waals surface area contributed by atoms with E-state index in [4.69, 9.17) is 23.2 Å². The number of carbonyl (C=O) groups is 1. The Kier molecular flexibility index (Phi) is 4.54. The van der Waals surface area contributed by atoms with Gasteiger partial charge in [-0.3, -0.25) is 4.79 Å². The number of likely N-dealkylation sites (tertiary alicyclic amines) is 1. The van der Waals surface area contributed by atoms with E-state index in [1.165, 1.54) is 6.42 Å². The molecular weight excluding hydrogens is 277 g/mol. The number of carbonyl (C=O) groups excluding carboxylic acids is 1. The summed E-state index contributed by atoms with van der Waals surface area (Å²) in [5.41, 5.74) is 0. The number of nitrogens with one attached hydrogen (secondary N) is 1. The topological polar surface area (TPSA) is 71.0 Å². The van der Waals surface area contributed by atoms with Gasteiger partial charge >= 0.3 is 0 Å². The third-order valence-corrected chi connectivity index (χ3v) is 3.03. The van der Waals surface area contributed by atoms with Crippen LogP contribution in [-0.4, -0.2) is 45.4 Å². The van der Waals surface area contributed by atoms with Crippen molar-refractivity contribution in [3.63, 3.8) is 0 Å². The van der Waals surface area contributed by atoms with Crippen LogP contribution in [0.15, 0.2) is 0 Å². The Morgan fingerprint density at radius 1 is 1.11 bits per heavy atom. The zero-order chi connectivity index (χ0) is 13.0. The van der Waals surface area contributed by atoms with Gasteiger partial charge in [0.1, 0.15) is 0 Å². The second kappa shape index (κ2) is 6.15. The van der Waals surface area contributed by atoms with Crippen molar-refractivity contribution in [3.8, 4) is 0 Å². The third kappa shape index (κ3) is 3.68. The van der Waals surface area contributed by atoms with Gasteiger partial charge in [0.2, 0.25) is 22.4 Å². The highest BCUT2D eigenvalue weighted by atomic mass is 35.5. The Bertz CT molecular complexity index is 416. The van der Waals surface area contributed by atoms with Crippen molar-refractivity contribution in [3.05, 3.63) is 10.6 Å². The van der Waals surface area contributed by atoms with Gasteiger partial charge in [-0.05, 0) is 42.5 Å². The monoisotopic (exact) mass is 289 g/mol. The van der Waals surface area contributed by atoms with E-state index >= 15 is 0 Å². The summed E-state index contributed by atoms with van der Waals surface area (Å²) in [6.45, 7) is 1.77. The zero-order valence-corrected chi connectivity index (χ0v) is 11.2. The molecule has 1 aliphatic rings. The molecule has 1 N–H and O–H groups in total. The lowest BCUT2D eigenvalue weighted by molar-refractivity contribution is -0.130. The molecule has 0 aromatic carbocycles. The van der Waals surface area contributed by atoms with Gasteiger partial charge in [0.25, 0.3) is 0 Å². The molecule has 0 aliphatic carbocycles. The normalized spacial score (nSPS) is 15.6. The number of amides is 1. The first kappa shape index (κ1) is 13.3. The van der Waals surface area contributed by atoms with E-state index in [1.807, 2.05) is 4.90 Å². The summed E-state index contributed by atoms with van der Waals surface area (Å²) in [4.78, 5) is 25.0. The first-order valence-corrected chi connectivity index (χ1v) is 6.49. The summed E-state index contributed by atoms with van der Waals surface area (Å²) in [7, 11) is 0. The van der Waals surface area contributed by atoms with Crippen molar-refractivity contribution in [2.75, 3.05) is 25.0 Å². The highest BCUT2D eigenvalue weighted by Gasteiger charge is 2.16. The van der Waals surface area contributed by atoms with Crippen LogP contribution in [0.3, 0.4) is 0 Å². The largest absolute Gasteiger partial charge is 0.345 e. The highest BCUT2D eigenvalue weighted by molar-refractivity contribution is 6.31. The Hall–Kier alpha value is -1.14. The Morgan fingerprint density at radius 3 is 2.33 bits per heavy atom. The average molecular weight is 290 g/mol. The van der Waals surface area contributed by atoms with Crippen molar-refractivity contribution in [2.45, 2.75) is 19.3 Å². The fraction of sp³-hybridized carbons (Fsp3) is 0.600. The minimum absolute atomic E-state index is 0.00271. The van der Waals surface area contributed by atoms with E-state index < -0.39 is 0 Å². The van der Waals surface area contributed by atoms with Gasteiger partial charge in [0.05, 0.1) is 6.54 Å². The number of nitrogens with zero attached hydrogens (tertiary/aromatic N) is 4. The predicted octanol–water partition coefficient (Wildman–Crippen LogP) is 1.60. The lowest BCUT2D eigenvalue weighted by Crippen LogP contribution is -2.39. The first-order valence-electron chi connectivity index (χ1n) is 5.74. The summed E-state index contributed by atoms with van der Waals surface area (Å²) in [5, 5.41) is 2.81. The fourth-order valence-electron chi connectivity index (χ4n) is 1.81. The third-order valence-electron chi connectivity index (χ3n) is 2.69. The molecule has 1 aromatic rings. The maximum atomic E-state index is 11.9. The molecule has 1 fully saturated rings. The second-order valence-corrected chi connectivity index (χ2v) is 4.67. The first-order chi connectivity index (χ1) is 8.65. The van der Waals surface area contributed by atoms with E-state index in [-0.39, 0.29) is 29.0 Å². The molecule has 98 valence electrons. The van der Waals surface area contributed by atoms with Gasteiger partial charge < -0.3 is 10.2 Å². The molecule has 0 radical (unpaired) electrons. The molecule has 1 aliphatic heterocycles. The van der Waals surface area contributed by atoms with E-state index in [9.17, 15) is 4.79 Å². The van der Waals surface area contributed by atoms with Gasteiger partial charge in [-0.1, -0.05) is 0 Å². The molecule has 1 amide bonds. The maximum absolute atomic E-state index is 11.9. The minimum atomic E-state index is 0.00271. The molecule has 0 atom stereocenters. The summed E-state index contributed by atoms with van der Waals surface area (Å²) < 4.78 is 0. The van der Waals surface area contributed by atoms with Crippen LogP contribution >= 0.6 is 23.2 Å². The van der Waals surface area contributed by atoms with Crippen LogP contribution in [0.1, 0.15) is 19.3 Å². The standard InChI is InChI=1S/C10H13Cl2N5O/c11-8-14-9(12)16-10(15-8)13-6-7(18)17-4-2-1-3-5-17/h1-6H2,(H,13,14,15,16). The van der Waals surface area contributed by atoms with Gasteiger partial charge in [0, 0.05) is 13.1 Å². The number of halogens is 2. The fourth-order valence-corrected chi connectivity index (χ4v) is 2.18. The van der Waals surface area contributed by atoms with Gasteiger partial charge in [-0.15, -0.1) is 0 Å². The van der Waals surface area contributed by atoms with Crippen LogP contribution < -0.4 is 5.32 Å². The lowest BCUT2D eigenvalue weighted by atomic mass is 10.1. The maximum Gasteiger partial charge on any atom is 0.241 e. The molecule has 2 rings (SSSR count). The predicted molar refractivity (Wildman–Crippen MR) is 68.8 cm³/mol. The van der Waals surface area contributed by atoms with Crippen LogP contribution in [0.25, 0.3) is 0 Å². The van der Waals surface area contributed by atoms with E-state index in [2.05, 4.69) is 20.3 Å². The second-order valence-electron chi connectivity index (χ2n) is 3.99. The van der Waals surface area contributed by atoms with Crippen molar-refractivity contribution in [2.24, 2.45) is 0 Å². The molecule has 18 heavy (non-hydrogen) atoms. The van der Waals surface area contributed by atoms with Crippen molar-refractivity contribution in [1.29, 1.82) is 0 Å². The van der Waals surface area contributed by atoms with Crippen molar-refractivity contribution in [1.82, 2.24) is 19.9 Å². The molecular formula is C10H13Cl2N5O. The average Bonchev–Trinajstić information content (AvgIpc) is 2.36. The Morgan fingerprint density at radius 2 is 1.72 bits per heavy atom. The molecule has 2 heterocycles.